The molecule has 0 amide bonds. The number of nitrogens with zero attached hydrogens (tertiary/aromatic N) is 1. The number of rotatable bonds is 1. The van der Waals surface area contributed by atoms with Gasteiger partial charge >= 0.3 is 6.18 Å². The maximum absolute atomic E-state index is 13.5. The Morgan fingerprint density at radius 3 is 1.62 bits per heavy atom. The van der Waals surface area contributed by atoms with Gasteiger partial charge in [-0.25, -0.2) is 4.98 Å². The number of alkyl halides is 3. The average Bonchev–Trinajstić information content (AvgIpc) is 3.25. The van der Waals surface area contributed by atoms with E-state index in [1.54, 1.807) is 48.5 Å². The predicted octanol–water partition coefficient (Wildman–Crippen LogP) is 5.98. The van der Waals surface area contributed by atoms with E-state index in [-0.39, 0.29) is 32.8 Å². The highest BCUT2D eigenvalue weighted by molar-refractivity contribution is 6.24. The fourth-order valence-corrected chi connectivity index (χ4v) is 4.60. The molecule has 0 spiro atoms. The summed E-state index contributed by atoms with van der Waals surface area (Å²) in [7, 11) is 0. The molecule has 0 unspecified atom stereocenters. The lowest BCUT2D eigenvalue weighted by Crippen LogP contribution is -2.06. The van der Waals surface area contributed by atoms with Gasteiger partial charge in [0.15, 0.2) is 10.9 Å². The SMILES string of the molecule is O=c1c2ccccc2c2nc3c(c(-c4cccc(C(F)(F)F)c4)c12)c(=O)c1ccccc13. The molecule has 5 aromatic carbocycles. The summed E-state index contributed by atoms with van der Waals surface area (Å²) in [5.74, 6) is 0. The lowest BCUT2D eigenvalue weighted by atomic mass is 9.97. The fourth-order valence-electron chi connectivity index (χ4n) is 4.60. The zero-order valence-electron chi connectivity index (χ0n) is 16.3. The van der Waals surface area contributed by atoms with Gasteiger partial charge in [0.05, 0.1) is 27.4 Å². The number of pyridine rings is 1. The summed E-state index contributed by atoms with van der Waals surface area (Å²) in [5, 5.41) is 2.41. The van der Waals surface area contributed by atoms with Gasteiger partial charge in [-0.2, -0.15) is 13.2 Å². The number of hydrogen-bond acceptors (Lipinski definition) is 3. The Bertz CT molecular complexity index is 1710. The van der Waals surface area contributed by atoms with Crippen LogP contribution >= 0.6 is 0 Å². The van der Waals surface area contributed by atoms with E-state index in [4.69, 9.17) is 4.98 Å². The summed E-state index contributed by atoms with van der Waals surface area (Å²) in [6, 6.07) is 18.6. The Labute approximate surface area is 178 Å². The summed E-state index contributed by atoms with van der Waals surface area (Å²) < 4.78 is 40.4. The van der Waals surface area contributed by atoms with E-state index in [0.29, 0.717) is 32.6 Å². The molecule has 0 N–H and O–H groups in total. The number of fused-ring (bicyclic) bond motifs is 6. The van der Waals surface area contributed by atoms with E-state index in [9.17, 15) is 22.8 Å². The van der Waals surface area contributed by atoms with Gasteiger partial charge in [-0.15, -0.1) is 0 Å². The lowest BCUT2D eigenvalue weighted by Gasteiger charge is -2.10. The zero-order chi connectivity index (χ0) is 22.2. The van der Waals surface area contributed by atoms with Crippen LogP contribution in [-0.4, -0.2) is 4.98 Å². The Balaban J connectivity index is 1.92. The summed E-state index contributed by atoms with van der Waals surface area (Å²) in [6.07, 6.45) is -4.56. The number of benzene rings is 3. The van der Waals surface area contributed by atoms with Crippen LogP contribution in [0.1, 0.15) is 5.56 Å². The summed E-state index contributed by atoms with van der Waals surface area (Å²) >= 11 is 0. The molecule has 0 bridgehead atoms. The molecule has 0 aliphatic carbocycles. The highest BCUT2D eigenvalue weighted by atomic mass is 19.4. The summed E-state index contributed by atoms with van der Waals surface area (Å²) in [4.78, 5) is 31.5. The number of hydrogen-bond donors (Lipinski definition) is 0. The van der Waals surface area contributed by atoms with Crippen molar-refractivity contribution in [2.75, 3.05) is 0 Å². The topological polar surface area (TPSA) is 47.0 Å². The first-order valence-corrected chi connectivity index (χ1v) is 9.90. The van der Waals surface area contributed by atoms with Gasteiger partial charge in [-0.05, 0) is 17.7 Å². The van der Waals surface area contributed by atoms with Gasteiger partial charge in [0.2, 0.25) is 0 Å². The highest BCUT2D eigenvalue weighted by Crippen LogP contribution is 2.40. The van der Waals surface area contributed by atoms with Crippen molar-refractivity contribution >= 4 is 43.4 Å². The second-order valence-electron chi connectivity index (χ2n) is 7.76. The van der Waals surface area contributed by atoms with Crippen molar-refractivity contribution in [2.45, 2.75) is 6.18 Å². The Kier molecular flexibility index (Phi) is 3.64. The third kappa shape index (κ3) is 2.40. The van der Waals surface area contributed by atoms with E-state index >= 15 is 0 Å². The molecule has 6 aromatic rings. The fraction of sp³-hybridized carbons (Fsp3) is 0.0385. The molecule has 0 saturated heterocycles. The normalized spacial score (nSPS) is 12.5. The molecular formula is C26H12F3NO2. The van der Waals surface area contributed by atoms with Crippen LogP contribution in [-0.2, 0) is 6.18 Å². The molecule has 6 heteroatoms. The molecule has 0 aliphatic heterocycles. The second-order valence-corrected chi connectivity index (χ2v) is 7.76. The smallest absolute Gasteiger partial charge is 0.288 e. The molecule has 6 rings (SSSR count). The molecule has 3 nitrogen and oxygen atoms in total. The van der Waals surface area contributed by atoms with Crippen LogP contribution in [0.4, 0.5) is 13.2 Å². The molecular weight excluding hydrogens is 415 g/mol. The van der Waals surface area contributed by atoms with E-state index < -0.39 is 11.7 Å². The largest absolute Gasteiger partial charge is 0.416 e. The van der Waals surface area contributed by atoms with Crippen LogP contribution in [0.5, 0.6) is 0 Å². The van der Waals surface area contributed by atoms with Crippen LogP contribution in [0.2, 0.25) is 0 Å². The van der Waals surface area contributed by atoms with Crippen LogP contribution in [0.25, 0.3) is 54.5 Å². The number of halogens is 3. The van der Waals surface area contributed by atoms with Gasteiger partial charge < -0.3 is 0 Å². The molecule has 0 saturated carbocycles. The molecule has 0 radical (unpaired) electrons. The minimum Gasteiger partial charge on any atom is -0.288 e. The van der Waals surface area contributed by atoms with E-state index in [0.717, 1.165) is 12.1 Å². The quantitative estimate of drug-likeness (QED) is 0.325. The first-order chi connectivity index (χ1) is 15.4. The van der Waals surface area contributed by atoms with Gasteiger partial charge in [0, 0.05) is 27.1 Å². The van der Waals surface area contributed by atoms with E-state index in [2.05, 4.69) is 0 Å². The highest BCUT2D eigenvalue weighted by Gasteiger charge is 2.31. The monoisotopic (exact) mass is 427 g/mol. The molecule has 0 aliphatic rings. The van der Waals surface area contributed by atoms with Gasteiger partial charge in [0.1, 0.15) is 0 Å². The summed E-state index contributed by atoms with van der Waals surface area (Å²) in [5.41, 5.74) is -0.387. The second kappa shape index (κ2) is 6.23. The maximum atomic E-state index is 13.5. The van der Waals surface area contributed by atoms with Crippen molar-refractivity contribution in [3.63, 3.8) is 0 Å². The molecule has 1 aromatic heterocycles. The van der Waals surface area contributed by atoms with Crippen LogP contribution < -0.4 is 10.9 Å². The molecule has 32 heavy (non-hydrogen) atoms. The van der Waals surface area contributed by atoms with Crippen LogP contribution in [0.3, 0.4) is 0 Å². The summed E-state index contributed by atoms with van der Waals surface area (Å²) in [6.45, 7) is 0. The third-order valence-electron chi connectivity index (χ3n) is 5.98. The van der Waals surface area contributed by atoms with Crippen molar-refractivity contribution in [2.24, 2.45) is 0 Å². The van der Waals surface area contributed by atoms with Crippen LogP contribution in [0, 0.1) is 0 Å². The third-order valence-corrected chi connectivity index (χ3v) is 5.98. The number of aromatic nitrogens is 1. The minimum absolute atomic E-state index is 0.164. The molecule has 154 valence electrons. The lowest BCUT2D eigenvalue weighted by molar-refractivity contribution is -0.137. The van der Waals surface area contributed by atoms with Gasteiger partial charge in [-0.1, -0.05) is 60.7 Å². The van der Waals surface area contributed by atoms with Crippen molar-refractivity contribution in [3.8, 4) is 11.1 Å². The van der Waals surface area contributed by atoms with Gasteiger partial charge in [0.25, 0.3) is 0 Å². The molecule has 0 atom stereocenters. The first-order valence-electron chi connectivity index (χ1n) is 9.90. The van der Waals surface area contributed by atoms with Crippen LogP contribution in [0.15, 0.2) is 82.4 Å². The van der Waals surface area contributed by atoms with Crippen molar-refractivity contribution in [1.82, 2.24) is 4.98 Å². The van der Waals surface area contributed by atoms with Gasteiger partial charge in [-0.3, -0.25) is 9.59 Å². The zero-order valence-corrected chi connectivity index (χ0v) is 16.3. The Morgan fingerprint density at radius 1 is 0.625 bits per heavy atom. The predicted molar refractivity (Wildman–Crippen MR) is 120 cm³/mol. The maximum Gasteiger partial charge on any atom is 0.416 e. The van der Waals surface area contributed by atoms with Crippen molar-refractivity contribution in [3.05, 3.63) is 98.8 Å². The molecule has 1 heterocycles. The minimum atomic E-state index is -4.56. The van der Waals surface area contributed by atoms with E-state index in [1.165, 1.54) is 12.1 Å². The van der Waals surface area contributed by atoms with Crippen molar-refractivity contribution < 1.29 is 13.2 Å². The molecule has 0 fully saturated rings. The standard InChI is InChI=1S/C26H12F3NO2/c27-26(28,29)14-7-5-6-13(12-14)19-20-22(15-8-1-3-10-17(15)24(20)31)30-23-16-9-2-4-11-18(16)25(32)21(19)23/h1-12H. The average molecular weight is 427 g/mol. The van der Waals surface area contributed by atoms with E-state index in [1.807, 2.05) is 0 Å². The first kappa shape index (κ1) is 18.7. The Morgan fingerprint density at radius 2 is 1.12 bits per heavy atom. The Hall–Kier alpha value is -4.06. The van der Waals surface area contributed by atoms with Crippen molar-refractivity contribution in [1.29, 1.82) is 0 Å².